The third-order valence-electron chi connectivity index (χ3n) is 4.05. The van der Waals surface area contributed by atoms with Crippen molar-refractivity contribution in [2.75, 3.05) is 26.4 Å². The third kappa shape index (κ3) is 10.2. The quantitative estimate of drug-likeness (QED) is 0.346. The van der Waals surface area contributed by atoms with Gasteiger partial charge in [0.1, 0.15) is 0 Å². The van der Waals surface area contributed by atoms with Crippen molar-refractivity contribution in [1.82, 2.24) is 5.32 Å². The topological polar surface area (TPSA) is 56.8 Å². The maximum atomic E-state index is 12.3. The van der Waals surface area contributed by atoms with Crippen molar-refractivity contribution in [2.45, 2.75) is 59.8 Å². The zero-order chi connectivity index (χ0) is 20.1. The molecule has 0 aliphatic carbocycles. The van der Waals surface area contributed by atoms with Gasteiger partial charge >= 0.3 is 8.60 Å². The van der Waals surface area contributed by atoms with E-state index in [9.17, 15) is 4.79 Å². The van der Waals surface area contributed by atoms with Crippen molar-refractivity contribution in [3.8, 4) is 0 Å². The third-order valence-corrected chi connectivity index (χ3v) is 5.38. The van der Waals surface area contributed by atoms with E-state index in [-0.39, 0.29) is 11.8 Å². The van der Waals surface area contributed by atoms with Gasteiger partial charge in [-0.2, -0.15) is 0 Å². The summed E-state index contributed by atoms with van der Waals surface area (Å²) in [5, 5.41) is 3.01. The fraction of sp³-hybridized carbons (Fsp3) is 0.667. The van der Waals surface area contributed by atoms with Gasteiger partial charge in [-0.15, -0.1) is 0 Å². The highest BCUT2D eigenvalue weighted by atomic mass is 31.2. The summed E-state index contributed by atoms with van der Waals surface area (Å²) in [6.07, 6.45) is 2.79. The molecule has 0 radical (unpaired) electrons. The molecule has 6 heteroatoms. The maximum absolute atomic E-state index is 12.3. The lowest BCUT2D eigenvalue weighted by molar-refractivity contribution is -0.122. The number of carbonyl (C=O) groups excluding carboxylic acids is 1. The molecule has 0 saturated heterocycles. The van der Waals surface area contributed by atoms with Gasteiger partial charge in [0.2, 0.25) is 5.91 Å². The Bertz CT molecular complexity index is 515. The summed E-state index contributed by atoms with van der Waals surface area (Å²) >= 11 is 0. The monoisotopic (exact) mass is 397 g/mol. The first-order chi connectivity index (χ1) is 13.0. The Labute approximate surface area is 166 Å². The molecular formula is C21H36NO4P. The van der Waals surface area contributed by atoms with Gasteiger partial charge in [-0.25, -0.2) is 0 Å². The lowest BCUT2D eigenvalue weighted by Gasteiger charge is -2.15. The molecule has 0 aromatic heterocycles. The first-order valence-corrected chi connectivity index (χ1v) is 11.1. The van der Waals surface area contributed by atoms with E-state index >= 15 is 0 Å². The van der Waals surface area contributed by atoms with Crippen LogP contribution in [-0.2, 0) is 24.8 Å². The summed E-state index contributed by atoms with van der Waals surface area (Å²) < 4.78 is 16.4. The van der Waals surface area contributed by atoms with E-state index in [1.54, 1.807) is 0 Å². The van der Waals surface area contributed by atoms with E-state index in [1.807, 2.05) is 20.8 Å². The van der Waals surface area contributed by atoms with Crippen LogP contribution in [-0.4, -0.2) is 32.3 Å². The zero-order valence-electron chi connectivity index (χ0n) is 17.5. The first kappa shape index (κ1) is 24.0. The molecule has 0 fully saturated rings. The van der Waals surface area contributed by atoms with Crippen LogP contribution in [0.3, 0.4) is 0 Å². The molecule has 0 spiro atoms. The van der Waals surface area contributed by atoms with Crippen LogP contribution < -0.4 is 5.32 Å². The normalized spacial score (nSPS) is 12.6. The van der Waals surface area contributed by atoms with Crippen LogP contribution in [0.1, 0.15) is 64.5 Å². The molecule has 0 aliphatic rings. The van der Waals surface area contributed by atoms with Gasteiger partial charge < -0.3 is 18.9 Å². The number of hydrogen-bond donors (Lipinski definition) is 1. The molecule has 27 heavy (non-hydrogen) atoms. The molecule has 1 N–H and O–H groups in total. The van der Waals surface area contributed by atoms with Gasteiger partial charge in [0.25, 0.3) is 0 Å². The predicted octanol–water partition coefficient (Wildman–Crippen LogP) is 5.20. The number of hydrogen-bond acceptors (Lipinski definition) is 4. The number of unbranched alkanes of at least 4 members (excludes halogenated alkanes) is 1. The number of amides is 1. The summed E-state index contributed by atoms with van der Waals surface area (Å²) in [6, 6.07) is 8.40. The van der Waals surface area contributed by atoms with Crippen molar-refractivity contribution in [3.63, 3.8) is 0 Å². The highest BCUT2D eigenvalue weighted by Crippen LogP contribution is 2.39. The summed E-state index contributed by atoms with van der Waals surface area (Å²) in [5.41, 5.74) is 2.38. The Kier molecular flexibility index (Phi) is 12.5. The van der Waals surface area contributed by atoms with Gasteiger partial charge in [0.05, 0.1) is 25.7 Å². The van der Waals surface area contributed by atoms with E-state index in [0.717, 1.165) is 24.8 Å². The molecule has 1 atom stereocenters. The zero-order valence-corrected chi connectivity index (χ0v) is 18.4. The minimum atomic E-state index is -1.23. The molecule has 154 valence electrons. The molecule has 0 aliphatic heterocycles. The van der Waals surface area contributed by atoms with E-state index in [2.05, 4.69) is 43.4 Å². The van der Waals surface area contributed by atoms with Crippen LogP contribution in [0, 0.1) is 5.92 Å². The Balaban J connectivity index is 2.25. The number of carbonyl (C=O) groups is 1. The van der Waals surface area contributed by atoms with Crippen LogP contribution >= 0.6 is 8.60 Å². The molecular weight excluding hydrogens is 361 g/mol. The molecule has 1 unspecified atom stereocenters. The number of rotatable bonds is 14. The largest absolute Gasteiger partial charge is 0.356 e. The van der Waals surface area contributed by atoms with E-state index in [1.165, 1.54) is 5.56 Å². The van der Waals surface area contributed by atoms with E-state index in [4.69, 9.17) is 13.6 Å². The van der Waals surface area contributed by atoms with Crippen molar-refractivity contribution < 1.29 is 18.4 Å². The second-order valence-electron chi connectivity index (χ2n) is 6.95. The molecule has 0 bridgehead atoms. The summed E-state index contributed by atoms with van der Waals surface area (Å²) in [7, 11) is -1.23. The van der Waals surface area contributed by atoms with Gasteiger partial charge in [-0.3, -0.25) is 4.79 Å². The molecule has 1 amide bonds. The van der Waals surface area contributed by atoms with Crippen molar-refractivity contribution in [2.24, 2.45) is 5.92 Å². The minimum absolute atomic E-state index is 0.0680. The minimum Gasteiger partial charge on any atom is -0.356 e. The van der Waals surface area contributed by atoms with Crippen molar-refractivity contribution in [3.05, 3.63) is 35.4 Å². The highest BCUT2D eigenvalue weighted by Gasteiger charge is 2.15. The number of benzene rings is 1. The molecule has 0 saturated carbocycles. The molecule has 5 nitrogen and oxygen atoms in total. The lowest BCUT2D eigenvalue weighted by Crippen LogP contribution is -2.29. The lowest BCUT2D eigenvalue weighted by atomic mass is 9.96. The summed E-state index contributed by atoms with van der Waals surface area (Å²) in [4.78, 5) is 12.3. The van der Waals surface area contributed by atoms with Gasteiger partial charge in [0, 0.05) is 6.54 Å². The van der Waals surface area contributed by atoms with Gasteiger partial charge in [0.15, 0.2) is 0 Å². The van der Waals surface area contributed by atoms with Crippen LogP contribution in [0.15, 0.2) is 24.3 Å². The van der Waals surface area contributed by atoms with Crippen molar-refractivity contribution in [1.29, 1.82) is 0 Å². The Morgan fingerprint density at radius 3 is 2.19 bits per heavy atom. The van der Waals surface area contributed by atoms with Gasteiger partial charge in [-0.1, -0.05) is 38.1 Å². The summed E-state index contributed by atoms with van der Waals surface area (Å²) in [6.45, 7) is 12.6. The highest BCUT2D eigenvalue weighted by molar-refractivity contribution is 7.41. The second kappa shape index (κ2) is 14.1. The Morgan fingerprint density at radius 1 is 1.00 bits per heavy atom. The average molecular weight is 397 g/mol. The van der Waals surface area contributed by atoms with Crippen molar-refractivity contribution >= 4 is 14.5 Å². The smallest absolute Gasteiger partial charge is 0.332 e. The average Bonchev–Trinajstić information content (AvgIpc) is 2.64. The van der Waals surface area contributed by atoms with Crippen LogP contribution in [0.25, 0.3) is 0 Å². The fourth-order valence-corrected chi connectivity index (χ4v) is 3.54. The van der Waals surface area contributed by atoms with E-state index < -0.39 is 8.60 Å². The predicted molar refractivity (Wildman–Crippen MR) is 112 cm³/mol. The van der Waals surface area contributed by atoms with Crippen LogP contribution in [0.4, 0.5) is 0 Å². The SMILES string of the molecule is CCOP(OCC)OCCCCNC(=O)C(C)c1ccc(CC(C)C)cc1. The standard InChI is InChI=1S/C21H36NO4P/c1-6-24-27(25-7-2)26-15-9-8-14-22-21(23)18(5)20-12-10-19(11-13-20)16-17(3)4/h10-13,17-18H,6-9,14-16H2,1-5H3,(H,22,23). The maximum Gasteiger partial charge on any atom is 0.332 e. The van der Waals surface area contributed by atoms with Gasteiger partial charge in [-0.05, 0) is 57.1 Å². The summed E-state index contributed by atoms with van der Waals surface area (Å²) in [5.74, 6) is 0.565. The van der Waals surface area contributed by atoms with Crippen LogP contribution in [0.2, 0.25) is 0 Å². The Morgan fingerprint density at radius 2 is 1.63 bits per heavy atom. The fourth-order valence-electron chi connectivity index (χ4n) is 2.62. The Hall–Kier alpha value is -1.00. The molecule has 1 aromatic carbocycles. The second-order valence-corrected chi connectivity index (χ2v) is 8.17. The molecule has 1 aromatic rings. The molecule has 0 heterocycles. The molecule has 1 rings (SSSR count). The first-order valence-electron chi connectivity index (χ1n) is 10.0. The van der Waals surface area contributed by atoms with E-state index in [0.29, 0.717) is 32.3 Å². The van der Waals surface area contributed by atoms with Crippen LogP contribution in [0.5, 0.6) is 0 Å². The number of nitrogens with one attached hydrogen (secondary N) is 1.